The van der Waals surface area contributed by atoms with Crippen molar-refractivity contribution in [3.63, 3.8) is 0 Å². The fourth-order valence-electron chi connectivity index (χ4n) is 3.18. The Morgan fingerprint density at radius 1 is 1.14 bits per heavy atom. The molecule has 146 valence electrons. The molecule has 2 aromatic carbocycles. The van der Waals surface area contributed by atoms with E-state index < -0.39 is 0 Å². The maximum atomic E-state index is 12.2. The highest BCUT2D eigenvalue weighted by Gasteiger charge is 2.18. The number of hydrogen-bond donors (Lipinski definition) is 1. The Morgan fingerprint density at radius 2 is 1.86 bits per heavy atom. The number of aryl methyl sites for hydroxylation is 1. The summed E-state index contributed by atoms with van der Waals surface area (Å²) < 4.78 is 7.11. The lowest BCUT2D eigenvalue weighted by Gasteiger charge is -2.15. The van der Waals surface area contributed by atoms with Gasteiger partial charge in [-0.3, -0.25) is 9.59 Å². The number of ketones is 1. The number of nitrogens with one attached hydrogen (secondary N) is 1. The van der Waals surface area contributed by atoms with Crippen LogP contribution < -0.4 is 10.1 Å². The molecule has 0 saturated heterocycles. The number of Topliss-reactive ketones (excluding diaryl/α,β-unsaturated/α-hetero) is 1. The lowest BCUT2D eigenvalue weighted by Crippen LogP contribution is -2.25. The van der Waals surface area contributed by atoms with E-state index >= 15 is 0 Å². The van der Waals surface area contributed by atoms with Crippen LogP contribution in [0.4, 0.5) is 0 Å². The lowest BCUT2D eigenvalue weighted by molar-refractivity contribution is -0.119. The Balaban J connectivity index is 1.64. The van der Waals surface area contributed by atoms with Gasteiger partial charge in [-0.25, -0.2) is 4.98 Å². The van der Waals surface area contributed by atoms with Gasteiger partial charge in [-0.05, 0) is 56.7 Å². The molecule has 3 aromatic rings. The van der Waals surface area contributed by atoms with Gasteiger partial charge in [0, 0.05) is 18.5 Å². The van der Waals surface area contributed by atoms with Crippen LogP contribution in [-0.4, -0.2) is 34.9 Å². The molecule has 0 bridgehead atoms. The first-order chi connectivity index (χ1) is 13.5. The summed E-state index contributed by atoms with van der Waals surface area (Å²) in [7, 11) is 1.59. The molecular weight excluding hydrogens is 354 g/mol. The van der Waals surface area contributed by atoms with E-state index in [0.717, 1.165) is 29.0 Å². The number of methoxy groups -OCH3 is 1. The molecule has 0 aliphatic heterocycles. The molecule has 1 aromatic heterocycles. The minimum absolute atomic E-state index is 0.0946. The SMILES string of the molecule is COc1ccc(C(=O)NCCCc2nc3ccccc3n2C(C)C(C)=O)cc1. The summed E-state index contributed by atoms with van der Waals surface area (Å²) in [6.07, 6.45) is 1.41. The molecule has 3 rings (SSSR count). The van der Waals surface area contributed by atoms with Crippen molar-refractivity contribution in [3.05, 3.63) is 59.9 Å². The molecule has 1 atom stereocenters. The summed E-state index contributed by atoms with van der Waals surface area (Å²) >= 11 is 0. The van der Waals surface area contributed by atoms with Crippen LogP contribution in [0.2, 0.25) is 0 Å². The number of benzene rings is 2. The third-order valence-corrected chi connectivity index (χ3v) is 4.86. The Labute approximate surface area is 164 Å². The summed E-state index contributed by atoms with van der Waals surface area (Å²) in [6, 6.07) is 14.6. The summed E-state index contributed by atoms with van der Waals surface area (Å²) in [4.78, 5) is 28.9. The smallest absolute Gasteiger partial charge is 0.251 e. The highest BCUT2D eigenvalue weighted by atomic mass is 16.5. The highest BCUT2D eigenvalue weighted by Crippen LogP contribution is 2.22. The fraction of sp³-hybridized carbons (Fsp3) is 0.318. The van der Waals surface area contributed by atoms with Crippen LogP contribution in [0.15, 0.2) is 48.5 Å². The summed E-state index contributed by atoms with van der Waals surface area (Å²) in [5, 5.41) is 2.93. The normalized spacial score (nSPS) is 12.0. The van der Waals surface area contributed by atoms with Crippen molar-refractivity contribution >= 4 is 22.7 Å². The first-order valence-corrected chi connectivity index (χ1v) is 9.40. The molecular formula is C22H25N3O3. The molecule has 0 aliphatic carbocycles. The number of hydrogen-bond acceptors (Lipinski definition) is 4. The van der Waals surface area contributed by atoms with Crippen LogP contribution in [0.25, 0.3) is 11.0 Å². The minimum Gasteiger partial charge on any atom is -0.497 e. The molecule has 0 radical (unpaired) electrons. The fourth-order valence-corrected chi connectivity index (χ4v) is 3.18. The van der Waals surface area contributed by atoms with Gasteiger partial charge in [0.25, 0.3) is 5.91 Å². The number of carbonyl (C=O) groups excluding carboxylic acids is 2. The number of imidazole rings is 1. The summed E-state index contributed by atoms with van der Waals surface area (Å²) in [6.45, 7) is 4.02. The molecule has 1 unspecified atom stereocenters. The number of rotatable bonds is 8. The van der Waals surface area contributed by atoms with E-state index in [2.05, 4.69) is 5.32 Å². The number of nitrogens with zero attached hydrogens (tertiary/aromatic N) is 2. The van der Waals surface area contributed by atoms with Crippen molar-refractivity contribution in [2.75, 3.05) is 13.7 Å². The van der Waals surface area contributed by atoms with E-state index in [-0.39, 0.29) is 17.7 Å². The number of para-hydroxylation sites is 2. The quantitative estimate of drug-likeness (QED) is 0.608. The van der Waals surface area contributed by atoms with E-state index in [1.165, 1.54) is 0 Å². The first-order valence-electron chi connectivity index (χ1n) is 9.40. The highest BCUT2D eigenvalue weighted by molar-refractivity contribution is 5.94. The van der Waals surface area contributed by atoms with Gasteiger partial charge in [-0.1, -0.05) is 12.1 Å². The third kappa shape index (κ3) is 4.22. The molecule has 1 amide bonds. The third-order valence-electron chi connectivity index (χ3n) is 4.86. The molecule has 1 N–H and O–H groups in total. The van der Waals surface area contributed by atoms with E-state index in [1.807, 2.05) is 35.8 Å². The predicted octanol–water partition coefficient (Wildman–Crippen LogP) is 3.56. The Hall–Kier alpha value is -3.15. The second kappa shape index (κ2) is 8.69. The van der Waals surface area contributed by atoms with Gasteiger partial charge < -0.3 is 14.6 Å². The van der Waals surface area contributed by atoms with Gasteiger partial charge in [-0.2, -0.15) is 0 Å². The monoisotopic (exact) mass is 379 g/mol. The molecule has 6 nitrogen and oxygen atoms in total. The molecule has 6 heteroatoms. The van der Waals surface area contributed by atoms with Crippen LogP contribution >= 0.6 is 0 Å². The summed E-state index contributed by atoms with van der Waals surface area (Å²) in [5.41, 5.74) is 2.44. The molecule has 1 heterocycles. The van der Waals surface area contributed by atoms with Gasteiger partial charge in [0.2, 0.25) is 0 Å². The van der Waals surface area contributed by atoms with Gasteiger partial charge in [-0.15, -0.1) is 0 Å². The zero-order valence-corrected chi connectivity index (χ0v) is 16.4. The number of aromatic nitrogens is 2. The van der Waals surface area contributed by atoms with E-state index in [4.69, 9.17) is 9.72 Å². The zero-order chi connectivity index (χ0) is 20.1. The van der Waals surface area contributed by atoms with Crippen molar-refractivity contribution in [1.29, 1.82) is 0 Å². The van der Waals surface area contributed by atoms with Gasteiger partial charge in [0.1, 0.15) is 11.6 Å². The van der Waals surface area contributed by atoms with Crippen molar-refractivity contribution < 1.29 is 14.3 Å². The van der Waals surface area contributed by atoms with Crippen LogP contribution in [0.1, 0.15) is 42.5 Å². The number of ether oxygens (including phenoxy) is 1. The van der Waals surface area contributed by atoms with Gasteiger partial charge in [0.15, 0.2) is 5.78 Å². The largest absolute Gasteiger partial charge is 0.497 e. The maximum Gasteiger partial charge on any atom is 0.251 e. The standard InChI is InChI=1S/C22H25N3O3/c1-15(16(2)26)25-20-8-5-4-7-19(20)24-21(25)9-6-14-23-22(27)17-10-12-18(28-3)13-11-17/h4-5,7-8,10-13,15H,6,9,14H2,1-3H3,(H,23,27). The number of amides is 1. The first kappa shape index (κ1) is 19.6. The Bertz CT molecular complexity index is 976. The predicted molar refractivity (Wildman–Crippen MR) is 109 cm³/mol. The van der Waals surface area contributed by atoms with Crippen molar-refractivity contribution in [1.82, 2.24) is 14.9 Å². The number of fused-ring (bicyclic) bond motifs is 1. The van der Waals surface area contributed by atoms with E-state index in [1.54, 1.807) is 38.3 Å². The molecule has 28 heavy (non-hydrogen) atoms. The van der Waals surface area contributed by atoms with E-state index in [9.17, 15) is 9.59 Å². The molecule has 0 spiro atoms. The topological polar surface area (TPSA) is 73.2 Å². The van der Waals surface area contributed by atoms with Crippen molar-refractivity contribution in [3.8, 4) is 5.75 Å². The zero-order valence-electron chi connectivity index (χ0n) is 16.4. The average Bonchev–Trinajstić information content (AvgIpc) is 3.08. The van der Waals surface area contributed by atoms with Crippen LogP contribution in [0, 0.1) is 0 Å². The molecule has 0 fully saturated rings. The number of carbonyl (C=O) groups is 2. The van der Waals surface area contributed by atoms with Crippen LogP contribution in [0.5, 0.6) is 5.75 Å². The van der Waals surface area contributed by atoms with Crippen molar-refractivity contribution in [2.45, 2.75) is 32.7 Å². The summed E-state index contributed by atoms with van der Waals surface area (Å²) in [5.74, 6) is 1.56. The second-order valence-corrected chi connectivity index (χ2v) is 6.76. The molecule has 0 aliphatic rings. The Kier molecular flexibility index (Phi) is 6.09. The second-order valence-electron chi connectivity index (χ2n) is 6.76. The van der Waals surface area contributed by atoms with Gasteiger partial charge in [0.05, 0.1) is 24.2 Å². The average molecular weight is 379 g/mol. The minimum atomic E-state index is -0.267. The van der Waals surface area contributed by atoms with Gasteiger partial charge >= 0.3 is 0 Å². The van der Waals surface area contributed by atoms with E-state index in [0.29, 0.717) is 18.5 Å². The van der Waals surface area contributed by atoms with Crippen LogP contribution in [0.3, 0.4) is 0 Å². The maximum absolute atomic E-state index is 12.2. The lowest BCUT2D eigenvalue weighted by atomic mass is 10.2. The van der Waals surface area contributed by atoms with Crippen LogP contribution in [-0.2, 0) is 11.2 Å². The Morgan fingerprint density at radius 3 is 2.54 bits per heavy atom. The van der Waals surface area contributed by atoms with Crippen molar-refractivity contribution in [2.24, 2.45) is 0 Å². The molecule has 0 saturated carbocycles.